The van der Waals surface area contributed by atoms with Crippen LogP contribution in [0.3, 0.4) is 0 Å². The number of nitrogens with two attached hydrogens (primary N) is 1. The largest absolute Gasteiger partial charge is 0.481 e. The molecular weight excluding hydrogens is 196 g/mol. The number of aliphatic carboxylic acids is 1. The Labute approximate surface area is 88.2 Å². The minimum atomic E-state index is -0.787. The second-order valence-corrected chi connectivity index (χ2v) is 4.51. The van der Waals surface area contributed by atoms with Gasteiger partial charge in [-0.15, -0.1) is 0 Å². The van der Waals surface area contributed by atoms with Crippen LogP contribution in [0.25, 0.3) is 0 Å². The summed E-state index contributed by atoms with van der Waals surface area (Å²) >= 11 is 0. The zero-order valence-corrected chi connectivity index (χ0v) is 8.72. The fourth-order valence-electron chi connectivity index (χ4n) is 2.83. The lowest BCUT2D eigenvalue weighted by atomic mass is 9.89. The van der Waals surface area contributed by atoms with Crippen molar-refractivity contribution in [3.05, 3.63) is 0 Å². The Hall–Kier alpha value is -1.10. The number of carbonyl (C=O) groups excluding carboxylic acids is 1. The van der Waals surface area contributed by atoms with Crippen LogP contribution in [0, 0.1) is 5.92 Å². The first-order valence-corrected chi connectivity index (χ1v) is 5.33. The van der Waals surface area contributed by atoms with E-state index in [1.807, 2.05) is 0 Å². The van der Waals surface area contributed by atoms with Gasteiger partial charge in [0.05, 0.1) is 12.0 Å². The maximum atomic E-state index is 11.8. The van der Waals surface area contributed by atoms with Crippen LogP contribution in [-0.4, -0.2) is 40.0 Å². The zero-order chi connectivity index (χ0) is 11.2. The van der Waals surface area contributed by atoms with E-state index in [-0.39, 0.29) is 23.9 Å². The van der Waals surface area contributed by atoms with Crippen molar-refractivity contribution in [1.82, 2.24) is 4.90 Å². The van der Waals surface area contributed by atoms with Crippen LogP contribution in [0.5, 0.6) is 0 Å². The summed E-state index contributed by atoms with van der Waals surface area (Å²) in [6.07, 6.45) is 2.32. The van der Waals surface area contributed by atoms with Crippen LogP contribution in [0.2, 0.25) is 0 Å². The molecule has 5 nitrogen and oxygen atoms in total. The number of carboxylic acids is 1. The third-order valence-corrected chi connectivity index (χ3v) is 3.50. The van der Waals surface area contributed by atoms with Gasteiger partial charge in [0.25, 0.3) is 0 Å². The average Bonchev–Trinajstić information content (AvgIpc) is 2.72. The normalized spacial score (nSPS) is 35.6. The molecule has 2 bridgehead atoms. The molecule has 0 aromatic heterocycles. The molecule has 0 saturated carbocycles. The zero-order valence-electron chi connectivity index (χ0n) is 8.72. The van der Waals surface area contributed by atoms with Crippen molar-refractivity contribution in [2.45, 2.75) is 44.3 Å². The van der Waals surface area contributed by atoms with Crippen LogP contribution in [0.1, 0.15) is 26.2 Å². The smallest absolute Gasteiger partial charge is 0.308 e. The molecule has 2 saturated heterocycles. The van der Waals surface area contributed by atoms with Crippen LogP contribution in [-0.2, 0) is 9.59 Å². The lowest BCUT2D eigenvalue weighted by Gasteiger charge is -2.24. The molecule has 0 radical (unpaired) electrons. The van der Waals surface area contributed by atoms with E-state index in [1.165, 1.54) is 0 Å². The molecule has 2 aliphatic heterocycles. The molecule has 0 aliphatic carbocycles. The number of fused-ring (bicyclic) bond motifs is 2. The molecule has 5 heteroatoms. The fourth-order valence-corrected chi connectivity index (χ4v) is 2.83. The number of hydrogen-bond acceptors (Lipinski definition) is 3. The van der Waals surface area contributed by atoms with Crippen LogP contribution < -0.4 is 5.73 Å². The minimum Gasteiger partial charge on any atom is -0.481 e. The number of amides is 1. The first-order chi connectivity index (χ1) is 7.02. The Bertz CT molecular complexity index is 303. The average molecular weight is 212 g/mol. The van der Waals surface area contributed by atoms with Crippen molar-refractivity contribution in [3.63, 3.8) is 0 Å². The lowest BCUT2D eigenvalue weighted by Crippen LogP contribution is -2.45. The third kappa shape index (κ3) is 1.51. The Kier molecular flexibility index (Phi) is 2.42. The first-order valence-electron chi connectivity index (χ1n) is 5.33. The van der Waals surface area contributed by atoms with E-state index in [0.717, 1.165) is 12.8 Å². The predicted octanol–water partition coefficient (Wildman–Crippen LogP) is -0.202. The SMILES string of the molecule is C[C@@H](N)C(=O)N1C2CCC1C(C(=O)O)C2. The van der Waals surface area contributed by atoms with Gasteiger partial charge in [-0.2, -0.15) is 0 Å². The van der Waals surface area contributed by atoms with Crippen molar-refractivity contribution in [2.75, 3.05) is 0 Å². The highest BCUT2D eigenvalue weighted by Gasteiger charge is 2.51. The van der Waals surface area contributed by atoms with Gasteiger partial charge in [-0.25, -0.2) is 0 Å². The molecule has 3 unspecified atom stereocenters. The summed E-state index contributed by atoms with van der Waals surface area (Å²) in [7, 11) is 0. The Morgan fingerprint density at radius 1 is 1.47 bits per heavy atom. The monoisotopic (exact) mass is 212 g/mol. The van der Waals surface area contributed by atoms with E-state index in [0.29, 0.717) is 6.42 Å². The first kappa shape index (κ1) is 10.4. The van der Waals surface area contributed by atoms with E-state index in [2.05, 4.69) is 0 Å². The predicted molar refractivity (Wildman–Crippen MR) is 53.0 cm³/mol. The van der Waals surface area contributed by atoms with Crippen molar-refractivity contribution in [3.8, 4) is 0 Å². The molecule has 0 aromatic carbocycles. The number of nitrogens with zero attached hydrogens (tertiary/aromatic N) is 1. The molecule has 0 spiro atoms. The molecule has 2 heterocycles. The van der Waals surface area contributed by atoms with Gasteiger partial charge in [0.1, 0.15) is 0 Å². The number of hydrogen-bond donors (Lipinski definition) is 2. The number of rotatable bonds is 2. The second kappa shape index (κ2) is 3.48. The van der Waals surface area contributed by atoms with E-state index < -0.39 is 12.0 Å². The maximum Gasteiger partial charge on any atom is 0.308 e. The molecule has 2 fully saturated rings. The molecule has 2 aliphatic rings. The van der Waals surface area contributed by atoms with Crippen molar-refractivity contribution >= 4 is 11.9 Å². The minimum absolute atomic E-state index is 0.105. The molecule has 84 valence electrons. The Morgan fingerprint density at radius 3 is 2.60 bits per heavy atom. The summed E-state index contributed by atoms with van der Waals surface area (Å²) in [6.45, 7) is 1.65. The van der Waals surface area contributed by atoms with E-state index in [4.69, 9.17) is 10.8 Å². The lowest BCUT2D eigenvalue weighted by molar-refractivity contribution is -0.143. The van der Waals surface area contributed by atoms with Gasteiger partial charge in [-0.1, -0.05) is 0 Å². The third-order valence-electron chi connectivity index (χ3n) is 3.50. The van der Waals surface area contributed by atoms with Gasteiger partial charge < -0.3 is 15.7 Å². The van der Waals surface area contributed by atoms with Crippen LogP contribution in [0.4, 0.5) is 0 Å². The van der Waals surface area contributed by atoms with E-state index in [1.54, 1.807) is 11.8 Å². The topological polar surface area (TPSA) is 83.6 Å². The highest BCUT2D eigenvalue weighted by atomic mass is 16.4. The van der Waals surface area contributed by atoms with Crippen molar-refractivity contribution < 1.29 is 14.7 Å². The molecule has 0 aromatic rings. The summed E-state index contributed by atoms with van der Waals surface area (Å²) in [5.74, 6) is -1.28. The Balaban J connectivity index is 2.16. The Morgan fingerprint density at radius 2 is 2.13 bits per heavy atom. The van der Waals surface area contributed by atoms with Crippen LogP contribution in [0.15, 0.2) is 0 Å². The van der Waals surface area contributed by atoms with Gasteiger partial charge >= 0.3 is 5.97 Å². The molecule has 4 atom stereocenters. The van der Waals surface area contributed by atoms with Crippen molar-refractivity contribution in [1.29, 1.82) is 0 Å². The molecule has 2 rings (SSSR count). The van der Waals surface area contributed by atoms with E-state index in [9.17, 15) is 9.59 Å². The van der Waals surface area contributed by atoms with Gasteiger partial charge in [-0.05, 0) is 26.2 Å². The van der Waals surface area contributed by atoms with Gasteiger partial charge in [0, 0.05) is 12.1 Å². The quantitative estimate of drug-likeness (QED) is 0.663. The molecule has 3 N–H and O–H groups in total. The summed E-state index contributed by atoms with van der Waals surface area (Å²) in [4.78, 5) is 24.5. The summed E-state index contributed by atoms with van der Waals surface area (Å²) in [5, 5.41) is 9.00. The summed E-state index contributed by atoms with van der Waals surface area (Å²) in [6, 6.07) is -0.541. The maximum absolute atomic E-state index is 11.8. The number of carbonyl (C=O) groups is 2. The van der Waals surface area contributed by atoms with Gasteiger partial charge in [0.15, 0.2) is 0 Å². The van der Waals surface area contributed by atoms with Crippen molar-refractivity contribution in [2.24, 2.45) is 11.7 Å². The van der Waals surface area contributed by atoms with Gasteiger partial charge in [-0.3, -0.25) is 9.59 Å². The van der Waals surface area contributed by atoms with Gasteiger partial charge in [0.2, 0.25) is 5.91 Å². The summed E-state index contributed by atoms with van der Waals surface area (Å²) < 4.78 is 0. The fraction of sp³-hybridized carbons (Fsp3) is 0.800. The second-order valence-electron chi connectivity index (χ2n) is 4.51. The van der Waals surface area contributed by atoms with E-state index >= 15 is 0 Å². The highest BCUT2D eigenvalue weighted by molar-refractivity contribution is 5.84. The summed E-state index contributed by atoms with van der Waals surface area (Å²) in [5.41, 5.74) is 5.55. The molecule has 1 amide bonds. The molecule has 15 heavy (non-hydrogen) atoms. The standard InChI is InChI=1S/C10H16N2O3/c1-5(11)9(13)12-6-2-3-8(12)7(4-6)10(14)15/h5-8H,2-4,11H2,1H3,(H,14,15)/t5-,6?,7?,8?/m1/s1. The van der Waals surface area contributed by atoms with Crippen LogP contribution >= 0.6 is 0 Å². The molecular formula is C10H16N2O3. The number of carboxylic acid groups (broad SMARTS) is 1. The highest BCUT2D eigenvalue weighted by Crippen LogP contribution is 2.41.